The molecule has 2 aromatic heterocycles. The van der Waals surface area contributed by atoms with Gasteiger partial charge >= 0.3 is 6.03 Å². The number of pyridine rings is 1. The molecule has 2 heterocycles. The van der Waals surface area contributed by atoms with Crippen molar-refractivity contribution in [2.75, 3.05) is 5.32 Å². The van der Waals surface area contributed by atoms with E-state index in [0.717, 1.165) is 23.4 Å². The van der Waals surface area contributed by atoms with Crippen LogP contribution in [0.2, 0.25) is 0 Å². The van der Waals surface area contributed by atoms with Gasteiger partial charge in [-0.3, -0.25) is 4.98 Å². The monoisotopic (exact) mass is 526 g/mol. The first kappa shape index (κ1) is 26.2. The lowest BCUT2D eigenvalue weighted by atomic mass is 9.90. The number of amides is 2. The molecule has 2 amide bonds. The highest BCUT2D eigenvalue weighted by Crippen LogP contribution is 2.37. The fourth-order valence-corrected chi connectivity index (χ4v) is 6.45. The second kappa shape index (κ2) is 11.1. The van der Waals surface area contributed by atoms with Crippen LogP contribution in [0, 0.1) is 5.92 Å². The Morgan fingerprint density at radius 1 is 1.06 bits per heavy atom. The second-order valence-corrected chi connectivity index (χ2v) is 12.5. The third-order valence-electron chi connectivity index (χ3n) is 5.73. The van der Waals surface area contributed by atoms with Crippen LogP contribution in [0.25, 0.3) is 11.3 Å². The number of aromatic nitrogens is 2. The van der Waals surface area contributed by atoms with Crippen molar-refractivity contribution >= 4 is 33.1 Å². The molecular formula is C26H32N5O3S2. The molecular weight excluding hydrogens is 494 g/mol. The van der Waals surface area contributed by atoms with E-state index in [4.69, 9.17) is 4.98 Å². The molecule has 10 heteroatoms. The third-order valence-corrected chi connectivity index (χ3v) is 8.43. The number of urea groups is 1. The number of carbonyl (C=O) groups is 1. The van der Waals surface area contributed by atoms with E-state index in [1.54, 1.807) is 56.6 Å². The number of rotatable bonds is 7. The number of sulfonamides is 1. The first-order valence-corrected chi connectivity index (χ1v) is 14.4. The van der Waals surface area contributed by atoms with Crippen LogP contribution in [0.4, 0.5) is 10.5 Å². The smallest absolute Gasteiger partial charge is 0.319 e. The predicted octanol–water partition coefficient (Wildman–Crippen LogP) is 5.49. The minimum Gasteiger partial charge on any atom is -0.334 e. The van der Waals surface area contributed by atoms with E-state index in [2.05, 4.69) is 20.3 Å². The molecule has 3 aromatic rings. The molecule has 191 valence electrons. The number of hydrogen-bond acceptors (Lipinski definition) is 6. The molecule has 0 atom stereocenters. The minimum absolute atomic E-state index is 0.0720. The molecule has 8 nitrogen and oxygen atoms in total. The van der Waals surface area contributed by atoms with E-state index in [1.807, 2.05) is 17.5 Å². The van der Waals surface area contributed by atoms with Gasteiger partial charge in [0.05, 0.1) is 16.3 Å². The van der Waals surface area contributed by atoms with Crippen molar-refractivity contribution in [2.24, 2.45) is 0 Å². The maximum absolute atomic E-state index is 13.0. The Morgan fingerprint density at radius 2 is 1.78 bits per heavy atom. The van der Waals surface area contributed by atoms with Crippen LogP contribution in [-0.2, 0) is 16.6 Å². The first-order chi connectivity index (χ1) is 17.1. The van der Waals surface area contributed by atoms with E-state index in [9.17, 15) is 13.2 Å². The second-order valence-electron chi connectivity index (χ2n) is 9.93. The summed E-state index contributed by atoms with van der Waals surface area (Å²) in [6.07, 6.45) is 9.06. The van der Waals surface area contributed by atoms with Crippen molar-refractivity contribution in [3.63, 3.8) is 0 Å². The zero-order valence-electron chi connectivity index (χ0n) is 20.8. The van der Waals surface area contributed by atoms with Crippen LogP contribution in [0.3, 0.4) is 0 Å². The lowest BCUT2D eigenvalue weighted by Gasteiger charge is -2.21. The molecule has 1 aromatic carbocycles. The van der Waals surface area contributed by atoms with Crippen molar-refractivity contribution in [3.8, 4) is 11.3 Å². The summed E-state index contributed by atoms with van der Waals surface area (Å²) in [7, 11) is -3.79. The first-order valence-electron chi connectivity index (χ1n) is 12.0. The van der Waals surface area contributed by atoms with Gasteiger partial charge in [0.2, 0.25) is 10.0 Å². The lowest BCUT2D eigenvalue weighted by Crippen LogP contribution is -2.40. The van der Waals surface area contributed by atoms with E-state index in [1.165, 1.54) is 31.2 Å². The highest BCUT2D eigenvalue weighted by Gasteiger charge is 2.25. The van der Waals surface area contributed by atoms with E-state index in [0.29, 0.717) is 23.5 Å². The average Bonchev–Trinajstić information content (AvgIpc) is 3.33. The van der Waals surface area contributed by atoms with Crippen molar-refractivity contribution in [3.05, 3.63) is 64.6 Å². The molecule has 0 bridgehead atoms. The molecule has 1 saturated carbocycles. The van der Waals surface area contributed by atoms with Crippen molar-refractivity contribution in [1.82, 2.24) is 20.0 Å². The van der Waals surface area contributed by atoms with Crippen molar-refractivity contribution < 1.29 is 13.2 Å². The standard InChI is InChI=1S/C26H32N5O3S2/c1-26(2,3)31-36(33,34)20-9-10-21(23-17-35-24(29-23)19-7-5-4-6-8-19)22(15-20)30-25(32)28-16-18-11-13-27-14-12-18/h9-15,17,31H,4-8,16H2,1-3H3,(H2,28,30,32). The summed E-state index contributed by atoms with van der Waals surface area (Å²) in [6, 6.07) is 7.94. The van der Waals surface area contributed by atoms with Gasteiger partial charge in [-0.2, -0.15) is 0 Å². The minimum atomic E-state index is -3.79. The van der Waals surface area contributed by atoms with Gasteiger partial charge < -0.3 is 10.6 Å². The Balaban J connectivity index is 1.62. The van der Waals surface area contributed by atoms with Crippen LogP contribution in [0.1, 0.15) is 63.4 Å². The summed E-state index contributed by atoms with van der Waals surface area (Å²) in [5.41, 5.74) is 2.02. The van der Waals surface area contributed by atoms with Gasteiger partial charge in [0.1, 0.15) is 5.01 Å². The highest BCUT2D eigenvalue weighted by atomic mass is 32.2. The van der Waals surface area contributed by atoms with Crippen molar-refractivity contribution in [2.45, 2.75) is 69.9 Å². The van der Waals surface area contributed by atoms with E-state index >= 15 is 0 Å². The molecule has 4 rings (SSSR count). The molecule has 3 N–H and O–H groups in total. The van der Waals surface area contributed by atoms with Gasteiger partial charge in [-0.25, -0.2) is 22.9 Å². The zero-order valence-corrected chi connectivity index (χ0v) is 22.4. The van der Waals surface area contributed by atoms with Crippen LogP contribution in [-0.4, -0.2) is 30.0 Å². The lowest BCUT2D eigenvalue weighted by molar-refractivity contribution is 0.251. The Kier molecular flexibility index (Phi) is 8.07. The number of nitrogens with one attached hydrogen (secondary N) is 3. The number of anilines is 1. The Labute approximate surface area is 217 Å². The summed E-state index contributed by atoms with van der Waals surface area (Å²) in [4.78, 5) is 21.7. The average molecular weight is 527 g/mol. The zero-order chi connectivity index (χ0) is 25.8. The Bertz CT molecular complexity index is 1290. The number of benzene rings is 1. The molecule has 0 saturated heterocycles. The number of nitrogens with zero attached hydrogens (tertiary/aromatic N) is 2. The van der Waals surface area contributed by atoms with Crippen LogP contribution in [0.5, 0.6) is 0 Å². The Hall–Kier alpha value is -2.82. The molecule has 36 heavy (non-hydrogen) atoms. The van der Waals surface area contributed by atoms with Crippen LogP contribution >= 0.6 is 11.3 Å². The normalized spacial score (nSPS) is 15.0. The van der Waals surface area contributed by atoms with Crippen molar-refractivity contribution in [1.29, 1.82) is 0 Å². The highest BCUT2D eigenvalue weighted by molar-refractivity contribution is 7.89. The summed E-state index contributed by atoms with van der Waals surface area (Å²) >= 11 is 1.59. The quantitative estimate of drug-likeness (QED) is 0.377. The maximum Gasteiger partial charge on any atom is 0.319 e. The van der Waals surface area contributed by atoms with Gasteiger partial charge in [-0.15, -0.1) is 11.3 Å². The summed E-state index contributed by atoms with van der Waals surface area (Å²) in [5, 5.41) is 8.64. The van der Waals surface area contributed by atoms with E-state index < -0.39 is 21.6 Å². The molecule has 1 radical (unpaired) electrons. The SMILES string of the molecule is CC(C)(C)NS(=O)(=O)c1ccc(-c2csc([C]3CCCCC3)n2)c(NC(=O)NCc2ccncc2)c1. The molecule has 0 spiro atoms. The summed E-state index contributed by atoms with van der Waals surface area (Å²) < 4.78 is 28.7. The molecule has 0 aliphatic heterocycles. The van der Waals surface area contributed by atoms with Gasteiger partial charge in [0.25, 0.3) is 0 Å². The topological polar surface area (TPSA) is 113 Å². The maximum atomic E-state index is 13.0. The molecule has 1 aliphatic rings. The van der Waals surface area contributed by atoms with E-state index in [-0.39, 0.29) is 4.90 Å². The van der Waals surface area contributed by atoms with Crippen LogP contribution in [0.15, 0.2) is 53.0 Å². The van der Waals surface area contributed by atoms with Gasteiger partial charge in [-0.05, 0) is 69.5 Å². The molecule has 1 aliphatic carbocycles. The fourth-order valence-electron chi connectivity index (χ4n) is 4.08. The number of carbonyl (C=O) groups excluding carboxylic acids is 1. The number of thiazole rings is 1. The summed E-state index contributed by atoms with van der Waals surface area (Å²) in [5.74, 6) is 1.37. The molecule has 1 fully saturated rings. The largest absolute Gasteiger partial charge is 0.334 e. The Morgan fingerprint density at radius 3 is 2.47 bits per heavy atom. The van der Waals surface area contributed by atoms with Gasteiger partial charge in [0.15, 0.2) is 0 Å². The molecule has 0 unspecified atom stereocenters. The third kappa shape index (κ3) is 6.89. The van der Waals surface area contributed by atoms with Crippen LogP contribution < -0.4 is 15.4 Å². The van der Waals surface area contributed by atoms with Gasteiger partial charge in [-0.1, -0.05) is 19.3 Å². The fraction of sp³-hybridized carbons (Fsp3) is 0.385. The number of hydrogen-bond donors (Lipinski definition) is 3. The summed E-state index contributed by atoms with van der Waals surface area (Å²) in [6.45, 7) is 5.66. The predicted molar refractivity (Wildman–Crippen MR) is 143 cm³/mol. The van der Waals surface area contributed by atoms with Gasteiger partial charge in [0, 0.05) is 41.3 Å².